The van der Waals surface area contributed by atoms with Crippen LogP contribution in [0.4, 0.5) is 0 Å². The molecule has 3 aromatic heterocycles. The first-order chi connectivity index (χ1) is 10.3. The molecule has 3 heterocycles. The van der Waals surface area contributed by atoms with Crippen LogP contribution in [0.5, 0.6) is 0 Å². The lowest BCUT2D eigenvalue weighted by Crippen LogP contribution is -2.15. The number of nitrogens with one attached hydrogen (secondary N) is 1. The number of H-pyrrole nitrogens is 1. The Kier molecular flexibility index (Phi) is 3.17. The maximum Gasteiger partial charge on any atom is 0.302 e. The minimum atomic E-state index is -0.222. The lowest BCUT2D eigenvalue weighted by atomic mass is 9.86. The monoisotopic (exact) mass is 304 g/mol. The lowest BCUT2D eigenvalue weighted by molar-refractivity contribution is 0.339. The molecule has 3 aromatic rings. The second-order valence-electron chi connectivity index (χ2n) is 5.66. The van der Waals surface area contributed by atoms with Crippen molar-refractivity contribution >= 4 is 27.5 Å². The number of rotatable bonds is 3. The van der Waals surface area contributed by atoms with Crippen LogP contribution in [0.1, 0.15) is 43.5 Å². The van der Waals surface area contributed by atoms with Gasteiger partial charge >= 0.3 is 5.56 Å². The number of hydrogen-bond acceptors (Lipinski definition) is 6. The highest BCUT2D eigenvalue weighted by Crippen LogP contribution is 2.28. The van der Waals surface area contributed by atoms with Crippen molar-refractivity contribution < 1.29 is 0 Å². The zero-order chi connectivity index (χ0) is 14.2. The number of aromatic nitrogens is 6. The van der Waals surface area contributed by atoms with E-state index in [0.29, 0.717) is 16.1 Å². The van der Waals surface area contributed by atoms with Gasteiger partial charge < -0.3 is 0 Å². The molecule has 0 saturated heterocycles. The summed E-state index contributed by atoms with van der Waals surface area (Å²) in [6, 6.07) is 0. The van der Waals surface area contributed by atoms with Crippen molar-refractivity contribution in [2.75, 3.05) is 0 Å². The van der Waals surface area contributed by atoms with Gasteiger partial charge in [0.2, 0.25) is 10.6 Å². The molecule has 1 saturated carbocycles. The molecule has 0 aliphatic heterocycles. The molecular formula is C13H16N6OS. The van der Waals surface area contributed by atoms with E-state index in [1.54, 1.807) is 0 Å². The summed E-state index contributed by atoms with van der Waals surface area (Å²) in [5, 5.41) is 15.4. The Morgan fingerprint density at radius 2 is 2.14 bits per heavy atom. The predicted octanol–water partition coefficient (Wildman–Crippen LogP) is 1.94. The summed E-state index contributed by atoms with van der Waals surface area (Å²) in [6.45, 7) is 0. The minimum Gasteiger partial charge on any atom is -0.265 e. The average molecular weight is 304 g/mol. The lowest BCUT2D eigenvalue weighted by Gasteiger charge is -2.20. The summed E-state index contributed by atoms with van der Waals surface area (Å²) < 4.78 is 1.36. The Morgan fingerprint density at radius 3 is 3.00 bits per heavy atom. The summed E-state index contributed by atoms with van der Waals surface area (Å²) >= 11 is 1.48. The molecule has 0 atom stereocenters. The van der Waals surface area contributed by atoms with Crippen molar-refractivity contribution in [3.05, 3.63) is 15.4 Å². The molecule has 8 heteroatoms. The van der Waals surface area contributed by atoms with E-state index >= 15 is 0 Å². The van der Waals surface area contributed by atoms with Crippen molar-refractivity contribution in [3.63, 3.8) is 0 Å². The number of nitrogens with zero attached hydrogens (tertiary/aromatic N) is 5. The summed E-state index contributed by atoms with van der Waals surface area (Å²) in [5.74, 6) is 0.816. The Bertz CT molecular complexity index is 828. The molecule has 1 N–H and O–H groups in total. The first kappa shape index (κ1) is 12.9. The summed E-state index contributed by atoms with van der Waals surface area (Å²) in [4.78, 5) is 17.1. The predicted molar refractivity (Wildman–Crippen MR) is 79.5 cm³/mol. The fourth-order valence-corrected chi connectivity index (χ4v) is 3.97. The summed E-state index contributed by atoms with van der Waals surface area (Å²) in [5.41, 5.74) is 0.458. The van der Waals surface area contributed by atoms with Gasteiger partial charge in [-0.2, -0.15) is 14.6 Å². The third kappa shape index (κ3) is 2.33. The van der Waals surface area contributed by atoms with Gasteiger partial charge in [0.25, 0.3) is 0 Å². The van der Waals surface area contributed by atoms with Crippen molar-refractivity contribution in [2.45, 2.75) is 44.9 Å². The highest BCUT2D eigenvalue weighted by atomic mass is 32.1. The SMILES string of the molecule is O=c1c2[nH]nnc2nc2sc(CCC3CCCCC3)nn12. The fourth-order valence-electron chi connectivity index (χ4n) is 3.07. The van der Waals surface area contributed by atoms with E-state index in [1.165, 1.54) is 48.0 Å². The molecule has 0 radical (unpaired) electrons. The van der Waals surface area contributed by atoms with Gasteiger partial charge in [0.1, 0.15) is 5.01 Å². The maximum atomic E-state index is 12.2. The maximum absolute atomic E-state index is 12.2. The Labute approximate surface area is 124 Å². The van der Waals surface area contributed by atoms with Crippen LogP contribution in [0, 0.1) is 5.92 Å². The standard InChI is InChI=1S/C13H16N6OS/c20-12-10-11(16-18-15-10)14-13-19(12)17-9(21-13)7-6-8-4-2-1-3-5-8/h8H,1-7H2,(H,15,16,18). The zero-order valence-electron chi connectivity index (χ0n) is 11.6. The van der Waals surface area contributed by atoms with Crippen molar-refractivity contribution in [3.8, 4) is 0 Å². The van der Waals surface area contributed by atoms with Gasteiger partial charge in [-0.05, 0) is 12.3 Å². The first-order valence-electron chi connectivity index (χ1n) is 7.41. The van der Waals surface area contributed by atoms with Crippen LogP contribution in [0.25, 0.3) is 16.1 Å². The molecule has 0 spiro atoms. The molecule has 110 valence electrons. The fraction of sp³-hybridized carbons (Fsp3) is 0.615. The van der Waals surface area contributed by atoms with Gasteiger partial charge in [0, 0.05) is 6.42 Å². The van der Waals surface area contributed by atoms with Crippen molar-refractivity contribution in [2.24, 2.45) is 5.92 Å². The van der Waals surface area contributed by atoms with Crippen molar-refractivity contribution in [1.29, 1.82) is 0 Å². The molecule has 4 rings (SSSR count). The molecule has 21 heavy (non-hydrogen) atoms. The van der Waals surface area contributed by atoms with E-state index in [1.807, 2.05) is 0 Å². The largest absolute Gasteiger partial charge is 0.302 e. The van der Waals surface area contributed by atoms with E-state index < -0.39 is 0 Å². The Balaban J connectivity index is 1.61. The number of aryl methyl sites for hydroxylation is 1. The molecule has 1 fully saturated rings. The van der Waals surface area contributed by atoms with Crippen molar-refractivity contribution in [1.82, 2.24) is 30.0 Å². The van der Waals surface area contributed by atoms with Crippen LogP contribution < -0.4 is 5.56 Å². The molecule has 7 nitrogen and oxygen atoms in total. The third-order valence-corrected chi connectivity index (χ3v) is 5.20. The van der Waals surface area contributed by atoms with Crippen LogP contribution in [0.3, 0.4) is 0 Å². The molecule has 1 aliphatic rings. The Morgan fingerprint density at radius 1 is 1.29 bits per heavy atom. The second kappa shape index (κ2) is 5.18. The molecule has 0 unspecified atom stereocenters. The van der Waals surface area contributed by atoms with E-state index in [9.17, 15) is 4.79 Å². The minimum absolute atomic E-state index is 0.222. The van der Waals surface area contributed by atoms with E-state index in [-0.39, 0.29) is 5.56 Å². The van der Waals surface area contributed by atoms with Crippen LogP contribution in [0.15, 0.2) is 4.79 Å². The van der Waals surface area contributed by atoms with E-state index in [4.69, 9.17) is 0 Å². The Hall–Kier alpha value is -1.83. The molecule has 1 aliphatic carbocycles. The van der Waals surface area contributed by atoms with Gasteiger partial charge in [-0.15, -0.1) is 5.10 Å². The highest BCUT2D eigenvalue weighted by molar-refractivity contribution is 7.16. The molecule has 0 aromatic carbocycles. The third-order valence-electron chi connectivity index (χ3n) is 4.23. The second-order valence-corrected chi connectivity index (χ2v) is 6.70. The van der Waals surface area contributed by atoms with Crippen LogP contribution in [0.2, 0.25) is 0 Å². The number of aromatic amines is 1. The normalized spacial score (nSPS) is 17.0. The zero-order valence-corrected chi connectivity index (χ0v) is 12.4. The number of fused-ring (bicyclic) bond motifs is 2. The van der Waals surface area contributed by atoms with Crippen LogP contribution in [-0.2, 0) is 6.42 Å². The van der Waals surface area contributed by atoms with Gasteiger partial charge in [-0.1, -0.05) is 48.7 Å². The number of hydrogen-bond donors (Lipinski definition) is 1. The van der Waals surface area contributed by atoms with Crippen LogP contribution >= 0.6 is 11.3 Å². The van der Waals surface area contributed by atoms with Gasteiger partial charge in [0.05, 0.1) is 0 Å². The smallest absolute Gasteiger partial charge is 0.265 e. The van der Waals surface area contributed by atoms with Gasteiger partial charge in [-0.25, -0.2) is 0 Å². The van der Waals surface area contributed by atoms with Gasteiger partial charge in [-0.3, -0.25) is 9.89 Å². The summed E-state index contributed by atoms with van der Waals surface area (Å²) in [7, 11) is 0. The topological polar surface area (TPSA) is 88.8 Å². The highest BCUT2D eigenvalue weighted by Gasteiger charge is 2.16. The molecular weight excluding hydrogens is 288 g/mol. The average Bonchev–Trinajstić information content (AvgIpc) is 3.13. The van der Waals surface area contributed by atoms with E-state index in [0.717, 1.165) is 23.8 Å². The van der Waals surface area contributed by atoms with E-state index in [2.05, 4.69) is 25.5 Å². The molecule has 0 amide bonds. The molecule has 0 bridgehead atoms. The van der Waals surface area contributed by atoms with Crippen LogP contribution in [-0.4, -0.2) is 30.0 Å². The summed E-state index contributed by atoms with van der Waals surface area (Å²) in [6.07, 6.45) is 8.85. The quantitative estimate of drug-likeness (QED) is 0.798. The first-order valence-corrected chi connectivity index (χ1v) is 8.22. The van der Waals surface area contributed by atoms with Gasteiger partial charge in [0.15, 0.2) is 5.52 Å².